The molecule has 0 aliphatic carbocycles. The lowest BCUT2D eigenvalue weighted by atomic mass is 10.0. The number of imidazole rings is 1. The van der Waals surface area contributed by atoms with Gasteiger partial charge in [-0.1, -0.05) is 0 Å². The molecule has 4 rings (SSSR count). The molecule has 0 aliphatic heterocycles. The zero-order chi connectivity index (χ0) is 19.2. The van der Waals surface area contributed by atoms with Gasteiger partial charge in [0, 0.05) is 22.9 Å². The average molecular weight is 388 g/mol. The predicted octanol–water partition coefficient (Wildman–Crippen LogP) is 5.15. The molecule has 3 heterocycles. The Kier molecular flexibility index (Phi) is 3.93. The van der Waals surface area contributed by atoms with E-state index in [9.17, 15) is 17.6 Å². The number of hydrogen-bond donors (Lipinski definition) is 0. The van der Waals surface area contributed by atoms with Crippen molar-refractivity contribution in [1.29, 1.82) is 5.26 Å². The van der Waals surface area contributed by atoms with E-state index in [1.54, 1.807) is 17.5 Å². The Bertz CT molecular complexity index is 1200. The van der Waals surface area contributed by atoms with Crippen LogP contribution in [0.5, 0.6) is 0 Å². The zero-order valence-corrected chi connectivity index (χ0v) is 14.1. The molecule has 4 nitrogen and oxygen atoms in total. The molecule has 0 atom stereocenters. The van der Waals surface area contributed by atoms with Crippen LogP contribution in [0.1, 0.15) is 10.6 Å². The smallest absolute Gasteiger partial charge is 0.284 e. The maximum absolute atomic E-state index is 14.3. The van der Waals surface area contributed by atoms with Crippen molar-refractivity contribution in [1.82, 2.24) is 14.4 Å². The highest BCUT2D eigenvalue weighted by Gasteiger charge is 2.33. The fourth-order valence-corrected chi connectivity index (χ4v) is 3.44. The maximum atomic E-state index is 14.3. The number of aromatic nitrogens is 3. The van der Waals surface area contributed by atoms with Gasteiger partial charge in [0.2, 0.25) is 5.78 Å². The van der Waals surface area contributed by atoms with Crippen molar-refractivity contribution in [2.24, 2.45) is 0 Å². The summed E-state index contributed by atoms with van der Waals surface area (Å²) in [5.41, 5.74) is 0.661. The molecule has 0 fully saturated rings. The number of benzene rings is 1. The molecule has 4 aromatic rings. The summed E-state index contributed by atoms with van der Waals surface area (Å²) in [5.74, 6) is -0.612. The zero-order valence-electron chi connectivity index (χ0n) is 13.3. The SMILES string of the molecule is N#Cc1sccc1-c1cc(-c2cnc3nc(C(F)(F)F)ccn23)ccc1F. The second-order valence-corrected chi connectivity index (χ2v) is 6.51. The molecule has 0 spiro atoms. The number of thiophene rings is 1. The predicted molar refractivity (Wildman–Crippen MR) is 91.4 cm³/mol. The van der Waals surface area contributed by atoms with Gasteiger partial charge in [-0.05, 0) is 35.7 Å². The van der Waals surface area contributed by atoms with Gasteiger partial charge < -0.3 is 0 Å². The number of alkyl halides is 3. The molecule has 1 aromatic carbocycles. The third-order valence-corrected chi connectivity index (χ3v) is 4.81. The first-order valence-corrected chi connectivity index (χ1v) is 8.45. The van der Waals surface area contributed by atoms with Crippen molar-refractivity contribution in [2.75, 3.05) is 0 Å². The minimum Gasteiger partial charge on any atom is -0.284 e. The highest BCUT2D eigenvalue weighted by atomic mass is 32.1. The number of fused-ring (bicyclic) bond motifs is 1. The Morgan fingerprint density at radius 2 is 1.93 bits per heavy atom. The highest BCUT2D eigenvalue weighted by molar-refractivity contribution is 7.11. The van der Waals surface area contributed by atoms with E-state index in [0.717, 1.165) is 6.07 Å². The Labute approximate surface area is 154 Å². The second-order valence-electron chi connectivity index (χ2n) is 5.59. The number of hydrogen-bond acceptors (Lipinski definition) is 4. The van der Waals surface area contributed by atoms with Gasteiger partial charge in [0.15, 0.2) is 0 Å². The van der Waals surface area contributed by atoms with Crippen molar-refractivity contribution in [3.8, 4) is 28.5 Å². The summed E-state index contributed by atoms with van der Waals surface area (Å²) in [5, 5.41) is 10.9. The van der Waals surface area contributed by atoms with Gasteiger partial charge in [-0.25, -0.2) is 14.4 Å². The van der Waals surface area contributed by atoms with Gasteiger partial charge in [-0.3, -0.25) is 4.40 Å². The Balaban J connectivity index is 1.85. The normalized spacial score (nSPS) is 11.7. The van der Waals surface area contributed by atoms with Crippen molar-refractivity contribution < 1.29 is 17.6 Å². The third-order valence-electron chi connectivity index (χ3n) is 3.99. The summed E-state index contributed by atoms with van der Waals surface area (Å²) in [4.78, 5) is 7.82. The molecule has 0 unspecified atom stereocenters. The average Bonchev–Trinajstić information content (AvgIpc) is 3.27. The van der Waals surface area contributed by atoms with Gasteiger partial charge in [-0.2, -0.15) is 18.4 Å². The molecule has 3 aromatic heterocycles. The first-order valence-electron chi connectivity index (χ1n) is 7.57. The van der Waals surface area contributed by atoms with Gasteiger partial charge >= 0.3 is 6.18 Å². The lowest BCUT2D eigenvalue weighted by Crippen LogP contribution is -2.09. The van der Waals surface area contributed by atoms with E-state index in [1.807, 2.05) is 6.07 Å². The number of nitrogens with zero attached hydrogens (tertiary/aromatic N) is 4. The van der Waals surface area contributed by atoms with Crippen LogP contribution >= 0.6 is 11.3 Å². The number of halogens is 4. The molecule has 0 amide bonds. The molecule has 9 heteroatoms. The van der Waals surface area contributed by atoms with Gasteiger partial charge in [0.1, 0.15) is 22.5 Å². The molecular formula is C18H8F4N4S. The molecular weight excluding hydrogens is 380 g/mol. The fourth-order valence-electron chi connectivity index (χ4n) is 2.74. The Morgan fingerprint density at radius 1 is 1.11 bits per heavy atom. The van der Waals surface area contributed by atoms with Crippen molar-refractivity contribution in [3.63, 3.8) is 0 Å². The minimum absolute atomic E-state index is 0.112. The summed E-state index contributed by atoms with van der Waals surface area (Å²) in [6.45, 7) is 0. The summed E-state index contributed by atoms with van der Waals surface area (Å²) in [6, 6.07) is 8.82. The first kappa shape index (κ1) is 17.2. The quantitative estimate of drug-likeness (QED) is 0.446. The largest absolute Gasteiger partial charge is 0.433 e. The molecule has 0 saturated heterocycles. The van der Waals surface area contributed by atoms with E-state index < -0.39 is 17.7 Å². The molecule has 134 valence electrons. The van der Waals surface area contributed by atoms with E-state index in [-0.39, 0.29) is 11.3 Å². The monoisotopic (exact) mass is 388 g/mol. The molecule has 0 aliphatic rings. The van der Waals surface area contributed by atoms with Crippen LogP contribution in [0.4, 0.5) is 17.6 Å². The highest BCUT2D eigenvalue weighted by Crippen LogP contribution is 2.34. The Hall–Kier alpha value is -3.25. The van der Waals surface area contributed by atoms with E-state index >= 15 is 0 Å². The van der Waals surface area contributed by atoms with Crippen molar-refractivity contribution in [2.45, 2.75) is 6.18 Å². The van der Waals surface area contributed by atoms with E-state index in [1.165, 1.54) is 40.3 Å². The van der Waals surface area contributed by atoms with Gasteiger partial charge in [0.05, 0.1) is 11.9 Å². The van der Waals surface area contributed by atoms with Crippen LogP contribution in [0, 0.1) is 17.1 Å². The summed E-state index contributed by atoms with van der Waals surface area (Å²) in [7, 11) is 0. The van der Waals surface area contributed by atoms with Crippen LogP contribution in [0.2, 0.25) is 0 Å². The lowest BCUT2D eigenvalue weighted by molar-refractivity contribution is -0.141. The standard InChI is InChI=1S/C18H8F4N4S/c19-13-2-1-10(7-12(13)11-4-6-27-15(11)8-23)14-9-24-17-25-16(18(20,21)22)3-5-26(14)17/h1-7,9H. The lowest BCUT2D eigenvalue weighted by Gasteiger charge is -2.08. The van der Waals surface area contributed by atoms with E-state index in [0.29, 0.717) is 21.7 Å². The Morgan fingerprint density at radius 3 is 2.67 bits per heavy atom. The topological polar surface area (TPSA) is 54.0 Å². The van der Waals surface area contributed by atoms with E-state index in [2.05, 4.69) is 9.97 Å². The number of nitriles is 1. The molecule has 0 radical (unpaired) electrons. The maximum Gasteiger partial charge on any atom is 0.433 e. The van der Waals surface area contributed by atoms with Gasteiger partial charge in [-0.15, -0.1) is 11.3 Å². The first-order chi connectivity index (χ1) is 12.9. The molecule has 0 N–H and O–H groups in total. The van der Waals surface area contributed by atoms with Crippen LogP contribution in [0.15, 0.2) is 48.1 Å². The van der Waals surface area contributed by atoms with Crippen molar-refractivity contribution >= 4 is 17.1 Å². The van der Waals surface area contributed by atoms with Crippen LogP contribution in [0.3, 0.4) is 0 Å². The summed E-state index contributed by atoms with van der Waals surface area (Å²) < 4.78 is 54.1. The molecule has 27 heavy (non-hydrogen) atoms. The summed E-state index contributed by atoms with van der Waals surface area (Å²) >= 11 is 1.20. The van der Waals surface area contributed by atoms with Crippen LogP contribution < -0.4 is 0 Å². The van der Waals surface area contributed by atoms with Crippen LogP contribution in [-0.2, 0) is 6.18 Å². The summed E-state index contributed by atoms with van der Waals surface area (Å²) in [6.07, 6.45) is -1.97. The minimum atomic E-state index is -4.57. The van der Waals surface area contributed by atoms with Crippen molar-refractivity contribution in [3.05, 3.63) is 64.5 Å². The van der Waals surface area contributed by atoms with Gasteiger partial charge in [0.25, 0.3) is 0 Å². The number of rotatable bonds is 2. The van der Waals surface area contributed by atoms with Crippen LogP contribution in [0.25, 0.3) is 28.2 Å². The van der Waals surface area contributed by atoms with E-state index in [4.69, 9.17) is 5.26 Å². The molecule has 0 bridgehead atoms. The molecule has 0 saturated carbocycles. The van der Waals surface area contributed by atoms with Crippen LogP contribution in [-0.4, -0.2) is 14.4 Å². The second kappa shape index (κ2) is 6.17. The third kappa shape index (κ3) is 2.94. The fraction of sp³-hybridized carbons (Fsp3) is 0.0556.